The number of amides is 1. The molecule has 1 amide bonds. The Balaban J connectivity index is 1.37. The molecule has 180 valence electrons. The first-order valence-electron chi connectivity index (χ1n) is 10.7. The standard InChI is InChI=1S/C23H23N7O3S2/c1-3-30-21(17-7-5-4-6-8-17)27-28-23(30)34-15-20(31)26-18-9-11-19(12-10-18)35(32,33)29-22-24-14-13-16(2)25-22/h4-14H,3,15H2,1-2H3,(H,26,31)(H,24,25,29). The molecule has 4 aromatic rings. The number of nitrogens with zero attached hydrogens (tertiary/aromatic N) is 5. The van der Waals surface area contributed by atoms with Crippen LogP contribution in [0, 0.1) is 6.92 Å². The number of benzene rings is 2. The van der Waals surface area contributed by atoms with Crippen LogP contribution < -0.4 is 10.0 Å². The molecule has 10 nitrogen and oxygen atoms in total. The van der Waals surface area contributed by atoms with Crippen LogP contribution in [0.2, 0.25) is 0 Å². The Labute approximate surface area is 207 Å². The summed E-state index contributed by atoms with van der Waals surface area (Å²) in [6, 6.07) is 17.3. The summed E-state index contributed by atoms with van der Waals surface area (Å²) in [5.41, 5.74) is 2.07. The topological polar surface area (TPSA) is 132 Å². The number of aryl methyl sites for hydroxylation is 1. The van der Waals surface area contributed by atoms with E-state index >= 15 is 0 Å². The lowest BCUT2D eigenvalue weighted by Gasteiger charge is -2.09. The number of anilines is 2. The highest BCUT2D eigenvalue weighted by atomic mass is 32.2. The van der Waals surface area contributed by atoms with Crippen LogP contribution in [0.5, 0.6) is 0 Å². The molecule has 2 aromatic carbocycles. The fourth-order valence-electron chi connectivity index (χ4n) is 3.20. The van der Waals surface area contributed by atoms with Crippen molar-refractivity contribution in [2.24, 2.45) is 0 Å². The quantitative estimate of drug-likeness (QED) is 0.327. The second-order valence-electron chi connectivity index (χ2n) is 7.40. The number of carbonyl (C=O) groups excluding carboxylic acids is 1. The molecule has 2 heterocycles. The first kappa shape index (κ1) is 24.4. The van der Waals surface area contributed by atoms with Crippen molar-refractivity contribution in [1.82, 2.24) is 24.7 Å². The number of rotatable bonds is 9. The molecule has 0 unspecified atom stereocenters. The Morgan fingerprint density at radius 2 is 1.77 bits per heavy atom. The van der Waals surface area contributed by atoms with Crippen LogP contribution in [0.1, 0.15) is 12.6 Å². The second-order valence-corrected chi connectivity index (χ2v) is 10.0. The Morgan fingerprint density at radius 3 is 2.46 bits per heavy atom. The van der Waals surface area contributed by atoms with Crippen molar-refractivity contribution < 1.29 is 13.2 Å². The SMILES string of the molecule is CCn1c(SCC(=O)Nc2ccc(S(=O)(=O)Nc3nccc(C)n3)cc2)nnc1-c1ccccc1. The second kappa shape index (κ2) is 10.7. The van der Waals surface area contributed by atoms with Gasteiger partial charge < -0.3 is 9.88 Å². The van der Waals surface area contributed by atoms with Crippen LogP contribution >= 0.6 is 11.8 Å². The molecule has 0 fully saturated rings. The summed E-state index contributed by atoms with van der Waals surface area (Å²) in [6.45, 7) is 4.40. The minimum atomic E-state index is -3.86. The third kappa shape index (κ3) is 6.03. The number of nitrogens with one attached hydrogen (secondary N) is 2. The number of hydrogen-bond acceptors (Lipinski definition) is 8. The van der Waals surface area contributed by atoms with E-state index in [0.29, 0.717) is 23.1 Å². The van der Waals surface area contributed by atoms with E-state index in [1.165, 1.54) is 42.2 Å². The van der Waals surface area contributed by atoms with Gasteiger partial charge in [0, 0.05) is 29.7 Å². The number of aromatic nitrogens is 5. The highest BCUT2D eigenvalue weighted by Gasteiger charge is 2.17. The van der Waals surface area contributed by atoms with Gasteiger partial charge >= 0.3 is 0 Å². The van der Waals surface area contributed by atoms with E-state index in [-0.39, 0.29) is 22.5 Å². The molecule has 0 atom stereocenters. The minimum Gasteiger partial charge on any atom is -0.325 e. The average molecular weight is 510 g/mol. The maximum Gasteiger partial charge on any atom is 0.264 e. The fraction of sp³-hybridized carbons (Fsp3) is 0.174. The molecular weight excluding hydrogens is 486 g/mol. The van der Waals surface area contributed by atoms with E-state index in [4.69, 9.17) is 0 Å². The number of sulfonamides is 1. The van der Waals surface area contributed by atoms with Gasteiger partial charge in [-0.3, -0.25) is 4.79 Å². The van der Waals surface area contributed by atoms with E-state index in [9.17, 15) is 13.2 Å². The third-order valence-corrected chi connectivity index (χ3v) is 7.18. The molecule has 0 aliphatic heterocycles. The number of carbonyl (C=O) groups is 1. The largest absolute Gasteiger partial charge is 0.325 e. The lowest BCUT2D eigenvalue weighted by Crippen LogP contribution is -2.16. The van der Waals surface area contributed by atoms with Crippen LogP contribution in [0.15, 0.2) is 76.9 Å². The maximum atomic E-state index is 12.6. The number of hydrogen-bond donors (Lipinski definition) is 2. The molecule has 0 aliphatic carbocycles. The van der Waals surface area contributed by atoms with E-state index in [1.807, 2.05) is 41.8 Å². The Morgan fingerprint density at radius 1 is 1.03 bits per heavy atom. The molecule has 35 heavy (non-hydrogen) atoms. The first-order chi connectivity index (χ1) is 16.9. The van der Waals surface area contributed by atoms with Crippen molar-refractivity contribution in [2.45, 2.75) is 30.4 Å². The van der Waals surface area contributed by atoms with Gasteiger partial charge in [-0.15, -0.1) is 10.2 Å². The molecule has 0 saturated carbocycles. The van der Waals surface area contributed by atoms with Crippen molar-refractivity contribution in [1.29, 1.82) is 0 Å². The summed E-state index contributed by atoms with van der Waals surface area (Å²) in [5, 5.41) is 11.9. The van der Waals surface area contributed by atoms with E-state index in [0.717, 1.165) is 11.4 Å². The Bertz CT molecular complexity index is 1420. The monoisotopic (exact) mass is 509 g/mol. The zero-order chi connectivity index (χ0) is 24.8. The molecule has 4 rings (SSSR count). The van der Waals surface area contributed by atoms with Gasteiger partial charge in [-0.1, -0.05) is 42.1 Å². The van der Waals surface area contributed by atoms with Gasteiger partial charge in [0.15, 0.2) is 11.0 Å². The van der Waals surface area contributed by atoms with Crippen molar-refractivity contribution in [3.05, 3.63) is 72.6 Å². The lowest BCUT2D eigenvalue weighted by atomic mass is 10.2. The number of thioether (sulfide) groups is 1. The van der Waals surface area contributed by atoms with Gasteiger partial charge in [0.05, 0.1) is 10.6 Å². The van der Waals surface area contributed by atoms with E-state index in [2.05, 4.69) is 30.2 Å². The van der Waals surface area contributed by atoms with Crippen molar-refractivity contribution in [3.63, 3.8) is 0 Å². The van der Waals surface area contributed by atoms with Crippen molar-refractivity contribution in [2.75, 3.05) is 15.8 Å². The van der Waals surface area contributed by atoms with Gasteiger partial charge in [0.2, 0.25) is 11.9 Å². The molecular formula is C23H23N7O3S2. The summed E-state index contributed by atoms with van der Waals surface area (Å²) in [4.78, 5) is 20.5. The highest BCUT2D eigenvalue weighted by molar-refractivity contribution is 7.99. The Hall–Kier alpha value is -3.77. The highest BCUT2D eigenvalue weighted by Crippen LogP contribution is 2.24. The van der Waals surface area contributed by atoms with Gasteiger partial charge in [-0.25, -0.2) is 23.1 Å². The molecule has 2 N–H and O–H groups in total. The summed E-state index contributed by atoms with van der Waals surface area (Å²) in [5.74, 6) is 0.621. The summed E-state index contributed by atoms with van der Waals surface area (Å²) >= 11 is 1.28. The van der Waals surface area contributed by atoms with Crippen LogP contribution in [-0.4, -0.2) is 44.8 Å². The first-order valence-corrected chi connectivity index (χ1v) is 13.2. The van der Waals surface area contributed by atoms with Gasteiger partial charge in [-0.05, 0) is 44.2 Å². The van der Waals surface area contributed by atoms with Crippen molar-refractivity contribution in [3.8, 4) is 11.4 Å². The molecule has 0 saturated heterocycles. The third-order valence-electron chi connectivity index (χ3n) is 4.87. The molecule has 12 heteroatoms. The van der Waals surface area contributed by atoms with Crippen LogP contribution in [-0.2, 0) is 21.4 Å². The summed E-state index contributed by atoms with van der Waals surface area (Å²) in [7, 11) is -3.86. The predicted molar refractivity (Wildman–Crippen MR) is 135 cm³/mol. The van der Waals surface area contributed by atoms with E-state index in [1.54, 1.807) is 13.0 Å². The van der Waals surface area contributed by atoms with Gasteiger partial charge in [0.1, 0.15) is 0 Å². The fourth-order valence-corrected chi connectivity index (χ4v) is 4.96. The molecule has 0 spiro atoms. The van der Waals surface area contributed by atoms with Crippen LogP contribution in [0.25, 0.3) is 11.4 Å². The van der Waals surface area contributed by atoms with Crippen LogP contribution in [0.4, 0.5) is 11.6 Å². The lowest BCUT2D eigenvalue weighted by molar-refractivity contribution is -0.113. The molecule has 0 aliphatic rings. The molecule has 0 bridgehead atoms. The Kier molecular flexibility index (Phi) is 7.42. The van der Waals surface area contributed by atoms with E-state index < -0.39 is 10.0 Å². The summed E-state index contributed by atoms with van der Waals surface area (Å²) in [6.07, 6.45) is 1.47. The summed E-state index contributed by atoms with van der Waals surface area (Å²) < 4.78 is 29.4. The van der Waals surface area contributed by atoms with Gasteiger partial charge in [0.25, 0.3) is 10.0 Å². The van der Waals surface area contributed by atoms with Crippen molar-refractivity contribution >= 4 is 39.3 Å². The average Bonchev–Trinajstić information content (AvgIpc) is 3.26. The predicted octanol–water partition coefficient (Wildman–Crippen LogP) is 3.60. The molecule has 0 radical (unpaired) electrons. The normalized spacial score (nSPS) is 11.3. The van der Waals surface area contributed by atoms with Crippen LogP contribution in [0.3, 0.4) is 0 Å². The zero-order valence-electron chi connectivity index (χ0n) is 19.0. The smallest absolute Gasteiger partial charge is 0.264 e. The zero-order valence-corrected chi connectivity index (χ0v) is 20.7. The maximum absolute atomic E-state index is 12.6. The minimum absolute atomic E-state index is 0.00486. The van der Waals surface area contributed by atoms with Gasteiger partial charge in [-0.2, -0.15) is 0 Å². The molecule has 2 aromatic heterocycles.